The molecule has 1 aromatic heterocycles. The number of ether oxygens (including phenoxy) is 2. The summed E-state index contributed by atoms with van der Waals surface area (Å²) in [6.07, 6.45) is 0. The highest BCUT2D eigenvalue weighted by Gasteiger charge is 2.36. The first-order valence-corrected chi connectivity index (χ1v) is 8.45. The summed E-state index contributed by atoms with van der Waals surface area (Å²) in [6, 6.07) is 8.25. The zero-order chi connectivity index (χ0) is 20.4. The highest BCUT2D eigenvalue weighted by atomic mass is 16.6. The zero-order valence-corrected chi connectivity index (χ0v) is 16.3. The number of aromatic nitrogens is 1. The van der Waals surface area contributed by atoms with E-state index in [0.717, 1.165) is 0 Å². The van der Waals surface area contributed by atoms with Crippen molar-refractivity contribution in [2.24, 2.45) is 0 Å². The van der Waals surface area contributed by atoms with Crippen LogP contribution in [-0.4, -0.2) is 34.1 Å². The molecule has 7 heteroatoms. The Morgan fingerprint density at radius 1 is 0.852 bits per heavy atom. The van der Waals surface area contributed by atoms with Crippen molar-refractivity contribution < 1.29 is 28.4 Å². The fourth-order valence-corrected chi connectivity index (χ4v) is 2.15. The first kappa shape index (κ1) is 20.4. The monoisotopic (exact) mass is 373 g/mol. The van der Waals surface area contributed by atoms with Crippen molar-refractivity contribution in [3.63, 3.8) is 0 Å². The summed E-state index contributed by atoms with van der Waals surface area (Å²) in [7, 11) is 0. The molecule has 0 saturated carbocycles. The van der Waals surface area contributed by atoms with Crippen molar-refractivity contribution in [3.8, 4) is 0 Å². The summed E-state index contributed by atoms with van der Waals surface area (Å²) in [5, 5.41) is 3.67. The Balaban J connectivity index is 2.53. The number of hydrogen-bond donors (Lipinski definition) is 0. The van der Waals surface area contributed by atoms with E-state index < -0.39 is 34.7 Å². The third-order valence-corrected chi connectivity index (χ3v) is 3.13. The van der Waals surface area contributed by atoms with Crippen molar-refractivity contribution in [1.29, 1.82) is 0 Å². The van der Waals surface area contributed by atoms with Gasteiger partial charge in [0.15, 0.2) is 5.69 Å². The molecule has 0 unspecified atom stereocenters. The van der Waals surface area contributed by atoms with Gasteiger partial charge in [0.2, 0.25) is 5.78 Å². The van der Waals surface area contributed by atoms with Crippen molar-refractivity contribution in [2.45, 2.75) is 52.7 Å². The van der Waals surface area contributed by atoms with Crippen LogP contribution in [0, 0.1) is 0 Å². The molecule has 0 amide bonds. The highest BCUT2D eigenvalue weighted by Crippen LogP contribution is 2.24. The topological polar surface area (TPSA) is 95.7 Å². The molecule has 1 aromatic carbocycles. The lowest BCUT2D eigenvalue weighted by atomic mass is 10.0. The second-order valence-electron chi connectivity index (χ2n) is 7.93. The van der Waals surface area contributed by atoms with E-state index in [2.05, 4.69) is 5.16 Å². The van der Waals surface area contributed by atoms with E-state index in [1.807, 2.05) is 0 Å². The molecule has 144 valence electrons. The number of esters is 2. The van der Waals surface area contributed by atoms with E-state index in [4.69, 9.17) is 14.0 Å². The van der Waals surface area contributed by atoms with E-state index in [1.165, 1.54) is 0 Å². The smallest absolute Gasteiger partial charge is 0.378 e. The minimum Gasteiger partial charge on any atom is -0.456 e. The molecule has 0 aliphatic carbocycles. The minimum absolute atomic E-state index is 0.295. The van der Waals surface area contributed by atoms with Gasteiger partial charge in [-0.15, -0.1) is 0 Å². The van der Waals surface area contributed by atoms with Gasteiger partial charge in [-0.3, -0.25) is 4.79 Å². The number of carbonyl (C=O) groups is 3. The van der Waals surface area contributed by atoms with Crippen LogP contribution in [0.5, 0.6) is 0 Å². The summed E-state index contributed by atoms with van der Waals surface area (Å²) in [5.41, 5.74) is -2.00. The molecule has 0 bridgehead atoms. The number of carbonyl (C=O) groups excluding carboxylic acids is 3. The Morgan fingerprint density at radius 3 is 1.89 bits per heavy atom. The lowest BCUT2D eigenvalue weighted by Gasteiger charge is -2.20. The maximum Gasteiger partial charge on any atom is 0.378 e. The van der Waals surface area contributed by atoms with Crippen LogP contribution in [0.3, 0.4) is 0 Å². The lowest BCUT2D eigenvalue weighted by Crippen LogP contribution is -2.28. The molecule has 2 aromatic rings. The molecule has 2 rings (SSSR count). The molecule has 0 aliphatic heterocycles. The van der Waals surface area contributed by atoms with Crippen molar-refractivity contribution >= 4 is 17.7 Å². The average Bonchev–Trinajstić information content (AvgIpc) is 2.97. The number of rotatable bonds is 4. The molecular weight excluding hydrogens is 350 g/mol. The fourth-order valence-electron chi connectivity index (χ4n) is 2.15. The van der Waals surface area contributed by atoms with Crippen LogP contribution in [0.2, 0.25) is 0 Å². The van der Waals surface area contributed by atoms with Crippen LogP contribution >= 0.6 is 0 Å². The molecule has 0 radical (unpaired) electrons. The van der Waals surface area contributed by atoms with Crippen molar-refractivity contribution in [1.82, 2.24) is 5.16 Å². The van der Waals surface area contributed by atoms with Crippen LogP contribution in [0.25, 0.3) is 0 Å². The van der Waals surface area contributed by atoms with Gasteiger partial charge in [-0.1, -0.05) is 35.5 Å². The van der Waals surface area contributed by atoms with Crippen LogP contribution in [0.1, 0.15) is 78.5 Å². The van der Waals surface area contributed by atoms with Crippen molar-refractivity contribution in [2.75, 3.05) is 0 Å². The predicted octanol–water partition coefficient (Wildman–Crippen LogP) is 3.82. The largest absolute Gasteiger partial charge is 0.456 e. The number of benzene rings is 1. The molecule has 7 nitrogen and oxygen atoms in total. The Morgan fingerprint density at radius 2 is 1.37 bits per heavy atom. The van der Waals surface area contributed by atoms with Gasteiger partial charge in [0, 0.05) is 5.56 Å². The summed E-state index contributed by atoms with van der Waals surface area (Å²) in [6.45, 7) is 10.0. The SMILES string of the molecule is CC(C)(C)OC(=O)c1onc(C(=O)c2ccccc2)c1C(=O)OC(C)(C)C. The third kappa shape index (κ3) is 5.26. The maximum absolute atomic E-state index is 12.8. The third-order valence-electron chi connectivity index (χ3n) is 3.13. The average molecular weight is 373 g/mol. The summed E-state index contributed by atoms with van der Waals surface area (Å²) >= 11 is 0. The van der Waals surface area contributed by atoms with Gasteiger partial charge >= 0.3 is 11.9 Å². The Labute approximate surface area is 157 Å². The van der Waals surface area contributed by atoms with Crippen molar-refractivity contribution in [3.05, 3.63) is 52.9 Å². The predicted molar refractivity (Wildman–Crippen MR) is 96.7 cm³/mol. The van der Waals surface area contributed by atoms with E-state index in [-0.39, 0.29) is 11.3 Å². The molecule has 1 heterocycles. The lowest BCUT2D eigenvalue weighted by molar-refractivity contribution is -0.00110. The molecule has 0 aliphatic rings. The van der Waals surface area contributed by atoms with Crippen LogP contribution < -0.4 is 0 Å². The number of hydrogen-bond acceptors (Lipinski definition) is 7. The Bertz CT molecular complexity index is 853. The van der Waals surface area contributed by atoms with Crippen LogP contribution in [0.4, 0.5) is 0 Å². The van der Waals surface area contributed by atoms with Gasteiger partial charge in [-0.05, 0) is 41.5 Å². The molecule has 0 spiro atoms. The molecular formula is C20H23NO6. The minimum atomic E-state index is -0.900. The molecule has 27 heavy (non-hydrogen) atoms. The first-order chi connectivity index (χ1) is 12.4. The van der Waals surface area contributed by atoms with Gasteiger partial charge in [0.05, 0.1) is 0 Å². The Kier molecular flexibility index (Phi) is 5.54. The molecule has 0 fully saturated rings. The summed E-state index contributed by atoms with van der Waals surface area (Å²) in [5.74, 6) is -2.81. The Hall–Kier alpha value is -2.96. The van der Waals surface area contributed by atoms with Crippen LogP contribution in [0.15, 0.2) is 34.9 Å². The highest BCUT2D eigenvalue weighted by molar-refractivity contribution is 6.15. The number of ketones is 1. The van der Waals surface area contributed by atoms with Gasteiger partial charge < -0.3 is 14.0 Å². The maximum atomic E-state index is 12.8. The second kappa shape index (κ2) is 7.34. The van der Waals surface area contributed by atoms with E-state index in [0.29, 0.717) is 5.56 Å². The normalized spacial score (nSPS) is 11.8. The van der Waals surface area contributed by atoms with Crippen LogP contribution in [-0.2, 0) is 9.47 Å². The summed E-state index contributed by atoms with van der Waals surface area (Å²) < 4.78 is 15.6. The van der Waals surface area contributed by atoms with Gasteiger partial charge in [-0.2, -0.15) is 0 Å². The fraction of sp³-hybridized carbons (Fsp3) is 0.400. The van der Waals surface area contributed by atoms with Gasteiger partial charge in [0.25, 0.3) is 5.76 Å². The van der Waals surface area contributed by atoms with Gasteiger partial charge in [-0.25, -0.2) is 9.59 Å². The summed E-state index contributed by atoms with van der Waals surface area (Å²) in [4.78, 5) is 37.9. The molecule has 0 atom stereocenters. The van der Waals surface area contributed by atoms with E-state index in [1.54, 1.807) is 71.9 Å². The standard InChI is InChI=1S/C20H23NO6/c1-19(2,3)25-17(23)13-14(15(22)12-10-8-7-9-11-12)21-27-16(13)18(24)26-20(4,5)6/h7-11H,1-6H3. The first-order valence-electron chi connectivity index (χ1n) is 8.45. The zero-order valence-electron chi connectivity index (χ0n) is 16.3. The molecule has 0 N–H and O–H groups in total. The van der Waals surface area contributed by atoms with Gasteiger partial charge in [0.1, 0.15) is 16.8 Å². The number of nitrogens with zero attached hydrogens (tertiary/aromatic N) is 1. The van der Waals surface area contributed by atoms with E-state index >= 15 is 0 Å². The van der Waals surface area contributed by atoms with E-state index in [9.17, 15) is 14.4 Å². The molecule has 0 saturated heterocycles. The quantitative estimate of drug-likeness (QED) is 0.594. The second-order valence-corrected chi connectivity index (χ2v) is 7.93.